The summed E-state index contributed by atoms with van der Waals surface area (Å²) in [5.74, 6) is 1.13. The highest BCUT2D eigenvalue weighted by molar-refractivity contribution is 5.88. The Kier molecular flexibility index (Phi) is 7.18. The lowest BCUT2D eigenvalue weighted by molar-refractivity contribution is -0.134. The Morgan fingerprint density at radius 3 is 2.96 bits per heavy atom. The van der Waals surface area contributed by atoms with Crippen LogP contribution in [0.1, 0.15) is 25.8 Å². The van der Waals surface area contributed by atoms with Gasteiger partial charge in [0.05, 0.1) is 12.5 Å². The fourth-order valence-electron chi connectivity index (χ4n) is 2.97. The molecule has 0 spiro atoms. The van der Waals surface area contributed by atoms with Crippen molar-refractivity contribution in [1.29, 1.82) is 0 Å². The topological polar surface area (TPSA) is 86.4 Å². The molecule has 1 aromatic rings. The van der Waals surface area contributed by atoms with E-state index in [0.29, 0.717) is 25.6 Å². The van der Waals surface area contributed by atoms with Gasteiger partial charge in [-0.2, -0.15) is 0 Å². The van der Waals surface area contributed by atoms with Crippen molar-refractivity contribution >= 4 is 17.6 Å². The van der Waals surface area contributed by atoms with E-state index in [-0.39, 0.29) is 24.3 Å². The molecule has 0 saturated carbocycles. The Labute approximate surface area is 149 Å². The summed E-state index contributed by atoms with van der Waals surface area (Å²) >= 11 is 0. The van der Waals surface area contributed by atoms with Crippen molar-refractivity contribution in [1.82, 2.24) is 20.5 Å². The molecule has 1 atom stereocenters. The van der Waals surface area contributed by atoms with E-state index in [9.17, 15) is 9.59 Å². The van der Waals surface area contributed by atoms with E-state index >= 15 is 0 Å². The maximum absolute atomic E-state index is 12.2. The number of rotatable bonds is 8. The van der Waals surface area contributed by atoms with Crippen LogP contribution in [0.3, 0.4) is 0 Å². The lowest BCUT2D eigenvalue weighted by atomic mass is 10.1. The fourth-order valence-corrected chi connectivity index (χ4v) is 2.97. The Hall–Kier alpha value is -2.15. The first kappa shape index (κ1) is 19.2. The van der Waals surface area contributed by atoms with Crippen molar-refractivity contribution < 1.29 is 9.59 Å². The van der Waals surface area contributed by atoms with Gasteiger partial charge in [-0.1, -0.05) is 19.9 Å². The number of hydrogen-bond donors (Lipinski definition) is 3. The molecule has 138 valence electrons. The third-order valence-electron chi connectivity index (χ3n) is 4.17. The molecule has 0 radical (unpaired) electrons. The van der Waals surface area contributed by atoms with Crippen LogP contribution < -0.4 is 16.0 Å². The van der Waals surface area contributed by atoms with Crippen molar-refractivity contribution in [3.8, 4) is 0 Å². The largest absolute Gasteiger partial charge is 0.368 e. The summed E-state index contributed by atoms with van der Waals surface area (Å²) < 4.78 is 0. The number of carbonyl (C=O) groups excluding carboxylic acids is 2. The van der Waals surface area contributed by atoms with Gasteiger partial charge in [-0.25, -0.2) is 4.98 Å². The number of piperazine rings is 1. The van der Waals surface area contributed by atoms with Gasteiger partial charge >= 0.3 is 0 Å². The maximum Gasteiger partial charge on any atom is 0.237 e. The molecule has 0 bridgehead atoms. The van der Waals surface area contributed by atoms with Gasteiger partial charge in [0.2, 0.25) is 11.8 Å². The number of aryl methyl sites for hydroxylation is 1. The fraction of sp³-hybridized carbons (Fsp3) is 0.611. The van der Waals surface area contributed by atoms with Crippen molar-refractivity contribution in [2.24, 2.45) is 5.92 Å². The molecule has 1 aliphatic heterocycles. The summed E-state index contributed by atoms with van der Waals surface area (Å²) in [7, 11) is 0. The Morgan fingerprint density at radius 2 is 2.24 bits per heavy atom. The first-order chi connectivity index (χ1) is 12.0. The summed E-state index contributed by atoms with van der Waals surface area (Å²) in [6, 6.07) is 3.50. The molecular weight excluding hydrogens is 318 g/mol. The molecule has 2 heterocycles. The maximum atomic E-state index is 12.2. The van der Waals surface area contributed by atoms with E-state index in [2.05, 4.69) is 39.7 Å². The first-order valence-electron chi connectivity index (χ1n) is 8.91. The van der Waals surface area contributed by atoms with E-state index in [4.69, 9.17) is 0 Å². The van der Waals surface area contributed by atoms with Crippen LogP contribution in [0.4, 0.5) is 5.82 Å². The minimum atomic E-state index is -0.373. The molecule has 2 amide bonds. The monoisotopic (exact) mass is 347 g/mol. The highest BCUT2D eigenvalue weighted by atomic mass is 16.2. The SMILES string of the molecule is Cc1cccnc1NCCNC(=O)CC1C(=O)NCCN1CC(C)C. The third-order valence-corrected chi connectivity index (χ3v) is 4.17. The van der Waals surface area contributed by atoms with Gasteiger partial charge in [0, 0.05) is 38.9 Å². The van der Waals surface area contributed by atoms with Crippen LogP contribution in [0, 0.1) is 12.8 Å². The number of carbonyl (C=O) groups is 2. The number of amides is 2. The molecule has 3 N–H and O–H groups in total. The Balaban J connectivity index is 1.76. The first-order valence-corrected chi connectivity index (χ1v) is 8.91. The zero-order valence-corrected chi connectivity index (χ0v) is 15.3. The molecule has 2 rings (SSSR count). The second-order valence-electron chi connectivity index (χ2n) is 6.85. The van der Waals surface area contributed by atoms with Gasteiger partial charge in [0.15, 0.2) is 0 Å². The average Bonchev–Trinajstić information content (AvgIpc) is 2.56. The standard InChI is InChI=1S/C18H29N5O2/c1-13(2)12-23-10-9-22-18(25)15(23)11-16(24)19-7-8-21-17-14(3)5-4-6-20-17/h4-6,13,15H,7-12H2,1-3H3,(H,19,24)(H,20,21)(H,22,25). The summed E-state index contributed by atoms with van der Waals surface area (Å²) in [4.78, 5) is 30.7. The second-order valence-corrected chi connectivity index (χ2v) is 6.85. The molecule has 1 unspecified atom stereocenters. The Bertz CT molecular complexity index is 591. The number of pyridine rings is 1. The molecular formula is C18H29N5O2. The summed E-state index contributed by atoms with van der Waals surface area (Å²) in [6.45, 7) is 9.58. The summed E-state index contributed by atoms with van der Waals surface area (Å²) in [5, 5.41) is 8.93. The van der Waals surface area contributed by atoms with E-state index < -0.39 is 0 Å². The van der Waals surface area contributed by atoms with Crippen LogP contribution in [0.25, 0.3) is 0 Å². The van der Waals surface area contributed by atoms with Crippen molar-refractivity contribution in [2.45, 2.75) is 33.2 Å². The number of nitrogens with zero attached hydrogens (tertiary/aromatic N) is 2. The van der Waals surface area contributed by atoms with Gasteiger partial charge in [-0.3, -0.25) is 14.5 Å². The van der Waals surface area contributed by atoms with Gasteiger partial charge in [-0.05, 0) is 24.5 Å². The van der Waals surface area contributed by atoms with Crippen molar-refractivity contribution in [3.63, 3.8) is 0 Å². The minimum absolute atomic E-state index is 0.0516. The molecule has 1 aromatic heterocycles. The highest BCUT2D eigenvalue weighted by Crippen LogP contribution is 2.12. The average molecular weight is 347 g/mol. The number of hydrogen-bond acceptors (Lipinski definition) is 5. The third kappa shape index (κ3) is 6.01. The van der Waals surface area contributed by atoms with Gasteiger partial charge in [-0.15, -0.1) is 0 Å². The molecule has 7 nitrogen and oxygen atoms in total. The second kappa shape index (κ2) is 9.36. The lowest BCUT2D eigenvalue weighted by Gasteiger charge is -2.35. The van der Waals surface area contributed by atoms with Crippen LogP contribution in [-0.4, -0.2) is 60.5 Å². The number of nitrogens with one attached hydrogen (secondary N) is 3. The minimum Gasteiger partial charge on any atom is -0.368 e. The predicted molar refractivity (Wildman–Crippen MR) is 98.3 cm³/mol. The van der Waals surface area contributed by atoms with E-state index in [1.165, 1.54) is 0 Å². The van der Waals surface area contributed by atoms with E-state index in [1.54, 1.807) is 6.20 Å². The van der Waals surface area contributed by atoms with Crippen LogP contribution in [0.2, 0.25) is 0 Å². The molecule has 0 aliphatic carbocycles. The van der Waals surface area contributed by atoms with E-state index in [0.717, 1.165) is 24.5 Å². The summed E-state index contributed by atoms with van der Waals surface area (Å²) in [5.41, 5.74) is 1.07. The lowest BCUT2D eigenvalue weighted by Crippen LogP contribution is -2.57. The Morgan fingerprint density at radius 1 is 1.44 bits per heavy atom. The molecule has 7 heteroatoms. The summed E-state index contributed by atoms with van der Waals surface area (Å²) in [6.07, 6.45) is 1.93. The molecule has 0 aromatic carbocycles. The number of anilines is 1. The van der Waals surface area contributed by atoms with E-state index in [1.807, 2.05) is 19.1 Å². The quantitative estimate of drug-likeness (QED) is 0.605. The van der Waals surface area contributed by atoms with Crippen LogP contribution in [-0.2, 0) is 9.59 Å². The van der Waals surface area contributed by atoms with Crippen LogP contribution >= 0.6 is 0 Å². The van der Waals surface area contributed by atoms with Gasteiger partial charge in [0.1, 0.15) is 5.82 Å². The molecule has 1 saturated heterocycles. The molecule has 1 aliphatic rings. The highest BCUT2D eigenvalue weighted by Gasteiger charge is 2.31. The van der Waals surface area contributed by atoms with Gasteiger partial charge in [0.25, 0.3) is 0 Å². The van der Waals surface area contributed by atoms with Crippen molar-refractivity contribution in [3.05, 3.63) is 23.9 Å². The molecule has 1 fully saturated rings. The van der Waals surface area contributed by atoms with Crippen LogP contribution in [0.15, 0.2) is 18.3 Å². The molecule has 25 heavy (non-hydrogen) atoms. The smallest absolute Gasteiger partial charge is 0.237 e. The zero-order valence-electron chi connectivity index (χ0n) is 15.3. The predicted octanol–water partition coefficient (Wildman–Crippen LogP) is 0.765. The van der Waals surface area contributed by atoms with Crippen LogP contribution in [0.5, 0.6) is 0 Å². The number of aromatic nitrogens is 1. The van der Waals surface area contributed by atoms with Crippen molar-refractivity contribution in [2.75, 3.05) is 38.0 Å². The zero-order chi connectivity index (χ0) is 18.2. The van der Waals surface area contributed by atoms with Gasteiger partial charge < -0.3 is 16.0 Å². The normalized spacial score (nSPS) is 18.1.